The highest BCUT2D eigenvalue weighted by Crippen LogP contribution is 2.50. The Hall–Kier alpha value is -3.97. The molecular formula is C27H37N3O11P+. The van der Waals surface area contributed by atoms with Gasteiger partial charge in [-0.05, 0) is 11.1 Å². The molecule has 0 unspecified atom stereocenters. The number of rotatable bonds is 15. The highest BCUT2D eigenvalue weighted by atomic mass is 31.2. The minimum Gasteiger partial charge on any atom is -0.434 e. The summed E-state index contributed by atoms with van der Waals surface area (Å²) < 4.78 is 47.3. The van der Waals surface area contributed by atoms with Crippen LogP contribution in [-0.4, -0.2) is 69.4 Å². The summed E-state index contributed by atoms with van der Waals surface area (Å²) in [5, 5.41) is 0. The summed E-state index contributed by atoms with van der Waals surface area (Å²) in [6.07, 6.45) is -1.49. The van der Waals surface area contributed by atoms with Gasteiger partial charge in [0, 0.05) is 19.8 Å². The maximum Gasteiger partial charge on any atom is 0.508 e. The van der Waals surface area contributed by atoms with Crippen molar-refractivity contribution in [1.29, 1.82) is 0 Å². The number of ether oxygens (including phenoxy) is 4. The zero-order valence-electron chi connectivity index (χ0n) is 23.8. The Kier molecular flexibility index (Phi) is 14.5. The van der Waals surface area contributed by atoms with Crippen LogP contribution in [0.4, 0.5) is 9.59 Å². The third-order valence-corrected chi connectivity index (χ3v) is 6.53. The summed E-state index contributed by atoms with van der Waals surface area (Å²) in [4.78, 5) is 40.0. The van der Waals surface area contributed by atoms with E-state index in [1.165, 1.54) is 21.0 Å². The molecule has 2 aromatic carbocycles. The zero-order chi connectivity index (χ0) is 30.8. The Balaban J connectivity index is 1.81. The molecule has 14 nitrogen and oxygen atoms in total. The smallest absolute Gasteiger partial charge is 0.434 e. The molecule has 0 atom stereocenters. The molecule has 0 aliphatic rings. The van der Waals surface area contributed by atoms with Gasteiger partial charge in [0.15, 0.2) is 0 Å². The van der Waals surface area contributed by atoms with Gasteiger partial charge in [0.05, 0.1) is 26.4 Å². The molecule has 0 spiro atoms. The van der Waals surface area contributed by atoms with Gasteiger partial charge < -0.3 is 24.7 Å². The fraction of sp³-hybridized carbons (Fsp3) is 0.407. The Morgan fingerprint density at radius 3 is 1.57 bits per heavy atom. The molecule has 0 saturated heterocycles. The van der Waals surface area contributed by atoms with Crippen LogP contribution in [0.1, 0.15) is 30.9 Å². The van der Waals surface area contributed by atoms with E-state index in [0.29, 0.717) is 0 Å². The van der Waals surface area contributed by atoms with Gasteiger partial charge in [-0.1, -0.05) is 65.3 Å². The fourth-order valence-corrected chi connectivity index (χ4v) is 4.38. The summed E-state index contributed by atoms with van der Waals surface area (Å²) in [7, 11) is -1.44. The molecule has 2 N–H and O–H groups in total. The summed E-state index contributed by atoms with van der Waals surface area (Å²) in [6.45, 7) is 0.708. The van der Waals surface area contributed by atoms with Crippen molar-refractivity contribution in [2.45, 2.75) is 33.0 Å². The molecule has 2 aromatic rings. The molecule has 2 rings (SSSR count). The van der Waals surface area contributed by atoms with Crippen LogP contribution in [-0.2, 0) is 55.4 Å². The highest BCUT2D eigenvalue weighted by molar-refractivity contribution is 7.52. The quantitative estimate of drug-likeness (QED) is 0.0571. The average molecular weight is 611 g/mol. The van der Waals surface area contributed by atoms with Gasteiger partial charge in [-0.15, -0.1) is 4.76 Å². The lowest BCUT2D eigenvalue weighted by Crippen LogP contribution is -2.51. The number of hydrogen-bond acceptors (Lipinski definition) is 11. The van der Waals surface area contributed by atoms with Crippen LogP contribution < -0.4 is 5.73 Å². The Labute approximate surface area is 244 Å². The lowest BCUT2D eigenvalue weighted by atomic mass is 10.2. The van der Waals surface area contributed by atoms with E-state index in [2.05, 4.69) is 4.76 Å². The Morgan fingerprint density at radius 2 is 1.17 bits per heavy atom. The third-order valence-electron chi connectivity index (χ3n) is 5.06. The van der Waals surface area contributed by atoms with Gasteiger partial charge in [-0.25, -0.2) is 18.9 Å². The Bertz CT molecular complexity index is 1140. The fourth-order valence-electron chi connectivity index (χ4n) is 3.00. The molecule has 0 bridgehead atoms. The van der Waals surface area contributed by atoms with Crippen LogP contribution in [0.2, 0.25) is 0 Å². The first-order valence-corrected chi connectivity index (χ1v) is 14.4. The lowest BCUT2D eigenvalue weighted by molar-refractivity contribution is -0.986. The molecule has 0 aliphatic carbocycles. The van der Waals surface area contributed by atoms with Crippen LogP contribution in [0.15, 0.2) is 65.4 Å². The van der Waals surface area contributed by atoms with Crippen molar-refractivity contribution < 1.29 is 56.4 Å². The number of guanidine groups is 1. The number of carbonyl (C=O) groups is 3. The number of benzene rings is 2. The molecule has 0 saturated carbocycles. The van der Waals surface area contributed by atoms with Crippen molar-refractivity contribution in [3.05, 3.63) is 71.8 Å². The summed E-state index contributed by atoms with van der Waals surface area (Å²) in [5.74, 6) is -1.02. The molecule has 0 aliphatic heterocycles. The van der Waals surface area contributed by atoms with Gasteiger partial charge in [0.2, 0.25) is 0 Å². The number of nitrogens with two attached hydrogens (primary N) is 1. The maximum atomic E-state index is 13.3. The van der Waals surface area contributed by atoms with Crippen molar-refractivity contribution in [2.75, 3.05) is 40.5 Å². The normalized spacial score (nSPS) is 11.8. The van der Waals surface area contributed by atoms with Crippen molar-refractivity contribution in [3.63, 3.8) is 0 Å². The molecule has 42 heavy (non-hydrogen) atoms. The molecule has 0 radical (unpaired) electrons. The molecule has 0 fully saturated rings. The number of nitrogens with zero attached hydrogens (tertiary/aromatic N) is 2. The van der Waals surface area contributed by atoms with Crippen LogP contribution in [0.25, 0.3) is 0 Å². The summed E-state index contributed by atoms with van der Waals surface area (Å²) in [6, 6.07) is 18.2. The number of hydroxylamine groups is 3. The second-order valence-corrected chi connectivity index (χ2v) is 10.6. The van der Waals surface area contributed by atoms with E-state index < -0.39 is 30.7 Å². The van der Waals surface area contributed by atoms with E-state index >= 15 is 0 Å². The third kappa shape index (κ3) is 14.1. The molecule has 0 heterocycles. The monoisotopic (exact) mass is 610 g/mol. The van der Waals surface area contributed by atoms with Gasteiger partial charge >= 0.3 is 32.0 Å². The van der Waals surface area contributed by atoms with E-state index in [9.17, 15) is 18.9 Å². The number of carbonyl (C=O) groups excluding carboxylic acids is 3. The SMILES string of the molecule is CC(=O)O[N+](C)(C)C(N)=NP(=O)(OCCCOC(=O)OCc1ccccc1)OCCCOC(=O)OCc1ccccc1. The first kappa shape index (κ1) is 34.2. The maximum absolute atomic E-state index is 13.3. The van der Waals surface area contributed by atoms with Crippen molar-refractivity contribution in [3.8, 4) is 0 Å². The largest absolute Gasteiger partial charge is 0.508 e. The lowest BCUT2D eigenvalue weighted by Gasteiger charge is -2.24. The molecule has 0 aromatic heterocycles. The summed E-state index contributed by atoms with van der Waals surface area (Å²) >= 11 is 0. The van der Waals surface area contributed by atoms with Gasteiger partial charge in [-0.2, -0.15) is 0 Å². The first-order chi connectivity index (χ1) is 20.0. The molecule has 230 valence electrons. The van der Waals surface area contributed by atoms with E-state index in [1.54, 1.807) is 24.3 Å². The first-order valence-electron chi connectivity index (χ1n) is 13.0. The second-order valence-electron chi connectivity index (χ2n) is 8.98. The van der Waals surface area contributed by atoms with Crippen LogP contribution >= 0.6 is 7.75 Å². The Morgan fingerprint density at radius 1 is 0.738 bits per heavy atom. The number of hydrogen-bond donors (Lipinski definition) is 1. The van der Waals surface area contributed by atoms with Crippen LogP contribution in [0, 0.1) is 0 Å². The molecule has 15 heteroatoms. The van der Waals surface area contributed by atoms with Gasteiger partial charge in [0.25, 0.3) is 0 Å². The van der Waals surface area contributed by atoms with Crippen molar-refractivity contribution in [2.24, 2.45) is 10.5 Å². The summed E-state index contributed by atoms with van der Waals surface area (Å²) in [5.41, 5.74) is 7.53. The number of quaternary nitrogens is 1. The minimum absolute atomic E-state index is 0.0536. The highest BCUT2D eigenvalue weighted by Gasteiger charge is 2.33. The van der Waals surface area contributed by atoms with Crippen LogP contribution in [0.3, 0.4) is 0 Å². The topological polar surface area (TPSA) is 171 Å². The van der Waals surface area contributed by atoms with E-state index in [-0.39, 0.29) is 58.4 Å². The van der Waals surface area contributed by atoms with E-state index in [0.717, 1.165) is 11.1 Å². The van der Waals surface area contributed by atoms with E-state index in [4.69, 9.17) is 38.6 Å². The average Bonchev–Trinajstić information content (AvgIpc) is 2.95. The molecular weight excluding hydrogens is 573 g/mol. The zero-order valence-corrected chi connectivity index (χ0v) is 24.7. The van der Waals surface area contributed by atoms with Gasteiger partial charge in [-0.3, -0.25) is 13.9 Å². The van der Waals surface area contributed by atoms with E-state index in [1.807, 2.05) is 36.4 Å². The van der Waals surface area contributed by atoms with Gasteiger partial charge in [0.1, 0.15) is 27.3 Å². The van der Waals surface area contributed by atoms with Crippen molar-refractivity contribution >= 4 is 32.0 Å². The standard InChI is InChI=1S/C27H37N3O11P/c1-22(31)41-30(2,3)25(28)29-42(34,39-18-10-16-35-26(32)37-20-23-12-6-4-7-13-23)40-19-11-17-36-27(33)38-21-24-14-8-5-9-15-24/h4-9,12-15H,10-11,16-21H2,1-3H3,(H2,28,29,34)/q+1. The van der Waals surface area contributed by atoms with Crippen LogP contribution in [0.5, 0.6) is 0 Å². The predicted octanol–water partition coefficient (Wildman–Crippen LogP) is 4.48. The second kappa shape index (κ2) is 17.8. The predicted molar refractivity (Wildman–Crippen MR) is 149 cm³/mol. The molecule has 0 amide bonds. The van der Waals surface area contributed by atoms with Crippen molar-refractivity contribution in [1.82, 2.24) is 0 Å². The minimum atomic E-state index is -4.24.